The van der Waals surface area contributed by atoms with E-state index in [-0.39, 0.29) is 12.5 Å². The molecule has 0 aliphatic carbocycles. The Morgan fingerprint density at radius 1 is 1.34 bits per heavy atom. The number of carbonyl (C=O) groups is 1. The summed E-state index contributed by atoms with van der Waals surface area (Å²) in [4.78, 5) is 17.1. The molecule has 1 aliphatic heterocycles. The second kappa shape index (κ2) is 8.41. The number of nitrogens with zero attached hydrogens (tertiary/aromatic N) is 4. The van der Waals surface area contributed by atoms with E-state index in [0.717, 1.165) is 33.7 Å². The highest BCUT2D eigenvalue weighted by molar-refractivity contribution is 7.97. The van der Waals surface area contributed by atoms with Crippen molar-refractivity contribution in [3.05, 3.63) is 60.4 Å². The Bertz CT molecular complexity index is 1030. The van der Waals surface area contributed by atoms with Crippen molar-refractivity contribution in [3.63, 3.8) is 0 Å². The maximum atomic E-state index is 11.6. The van der Waals surface area contributed by atoms with Crippen LogP contribution in [0.3, 0.4) is 0 Å². The van der Waals surface area contributed by atoms with E-state index in [9.17, 15) is 4.79 Å². The van der Waals surface area contributed by atoms with Gasteiger partial charge >= 0.3 is 0 Å². The lowest BCUT2D eigenvalue weighted by molar-refractivity contribution is -0.119. The summed E-state index contributed by atoms with van der Waals surface area (Å²) in [5.41, 5.74) is 1.72. The zero-order valence-corrected chi connectivity index (χ0v) is 16.9. The third-order valence-electron chi connectivity index (χ3n) is 4.14. The predicted octanol–water partition coefficient (Wildman–Crippen LogP) is 2.89. The van der Waals surface area contributed by atoms with Crippen LogP contribution >= 0.6 is 11.9 Å². The molecule has 10 heteroatoms. The maximum Gasteiger partial charge on any atom is 0.250 e. The number of fused-ring (bicyclic) bond motifs is 1. The molecule has 0 radical (unpaired) electrons. The largest absolute Gasteiger partial charge is 0.375 e. The molecule has 4 rings (SSSR count). The molecule has 2 aromatic heterocycles. The van der Waals surface area contributed by atoms with Crippen LogP contribution in [0.5, 0.6) is 0 Å². The van der Waals surface area contributed by atoms with Gasteiger partial charge in [-0.15, -0.1) is 0 Å². The van der Waals surface area contributed by atoms with E-state index in [1.165, 1.54) is 7.11 Å². The monoisotopic (exact) mass is 411 g/mol. The molecule has 0 spiro atoms. The standard InChI is InChI=1S/C19H21N7O2S/c1-13-9-16(24-23-13)22-18-11-25(10-17-20-7-8-26(17)18)29-15-5-3-14(4-6-15)21-19(27)12-28-2/h3-9,11H,10,12H2,1-2H3,(H,21,27)(H2,22,23,24). The van der Waals surface area contributed by atoms with Crippen LogP contribution in [-0.4, -0.2) is 43.7 Å². The molecule has 0 saturated carbocycles. The summed E-state index contributed by atoms with van der Waals surface area (Å²) in [5, 5.41) is 13.3. The van der Waals surface area contributed by atoms with Gasteiger partial charge in [-0.2, -0.15) is 5.10 Å². The fraction of sp³-hybridized carbons (Fsp3) is 0.211. The van der Waals surface area contributed by atoms with Crippen molar-refractivity contribution in [1.29, 1.82) is 0 Å². The number of rotatable bonds is 7. The molecule has 0 saturated heterocycles. The van der Waals surface area contributed by atoms with Crippen LogP contribution in [0.2, 0.25) is 0 Å². The van der Waals surface area contributed by atoms with Crippen molar-refractivity contribution >= 4 is 35.2 Å². The highest BCUT2D eigenvalue weighted by atomic mass is 32.2. The van der Waals surface area contributed by atoms with Gasteiger partial charge < -0.3 is 19.7 Å². The number of anilines is 2. The Morgan fingerprint density at radius 2 is 2.17 bits per heavy atom. The molecule has 9 nitrogen and oxygen atoms in total. The van der Waals surface area contributed by atoms with Crippen LogP contribution in [0.1, 0.15) is 11.5 Å². The smallest absolute Gasteiger partial charge is 0.250 e. The van der Waals surface area contributed by atoms with Crippen molar-refractivity contribution < 1.29 is 9.53 Å². The quantitative estimate of drug-likeness (QED) is 0.514. The lowest BCUT2D eigenvalue weighted by atomic mass is 10.3. The van der Waals surface area contributed by atoms with Gasteiger partial charge in [0.25, 0.3) is 0 Å². The summed E-state index contributed by atoms with van der Waals surface area (Å²) in [6, 6.07) is 9.62. The van der Waals surface area contributed by atoms with Crippen molar-refractivity contribution in [2.75, 3.05) is 24.4 Å². The number of hydrogen-bond acceptors (Lipinski definition) is 7. The number of ether oxygens (including phenoxy) is 1. The van der Waals surface area contributed by atoms with Crippen molar-refractivity contribution in [2.24, 2.45) is 0 Å². The molecule has 3 aromatic rings. The summed E-state index contributed by atoms with van der Waals surface area (Å²) in [6.45, 7) is 2.65. The van der Waals surface area contributed by atoms with Crippen LogP contribution in [0, 0.1) is 6.92 Å². The summed E-state index contributed by atoms with van der Waals surface area (Å²) in [5.74, 6) is 2.36. The average Bonchev–Trinajstić information content (AvgIpc) is 3.32. The molecule has 0 unspecified atom stereocenters. The Morgan fingerprint density at radius 3 is 2.90 bits per heavy atom. The first-order valence-corrected chi connectivity index (χ1v) is 9.75. The molecule has 29 heavy (non-hydrogen) atoms. The number of amides is 1. The summed E-state index contributed by atoms with van der Waals surface area (Å²) < 4.78 is 8.94. The second-order valence-corrected chi connectivity index (χ2v) is 7.58. The van der Waals surface area contributed by atoms with Gasteiger partial charge in [0.05, 0.1) is 12.7 Å². The SMILES string of the molecule is COCC(=O)Nc1ccc(SN2C=C(Nc3cc(C)[nH]n3)n3ccnc3C2)cc1. The zero-order valence-electron chi connectivity index (χ0n) is 16.0. The molecular formula is C19H21N7O2S. The van der Waals surface area contributed by atoms with Gasteiger partial charge in [-0.05, 0) is 43.1 Å². The number of aryl methyl sites for hydroxylation is 1. The van der Waals surface area contributed by atoms with E-state index in [1.54, 1.807) is 18.1 Å². The zero-order chi connectivity index (χ0) is 20.2. The summed E-state index contributed by atoms with van der Waals surface area (Å²) in [7, 11) is 1.49. The minimum atomic E-state index is -0.178. The third-order valence-corrected chi connectivity index (χ3v) is 5.09. The number of imidazole rings is 1. The maximum absolute atomic E-state index is 11.6. The lowest BCUT2D eigenvalue weighted by Crippen LogP contribution is -2.23. The first-order chi connectivity index (χ1) is 14.1. The van der Waals surface area contributed by atoms with Crippen molar-refractivity contribution in [3.8, 4) is 0 Å². The molecule has 150 valence electrons. The van der Waals surface area contributed by atoms with E-state index in [2.05, 4.69) is 30.1 Å². The molecular weight excluding hydrogens is 390 g/mol. The number of methoxy groups -OCH3 is 1. The van der Waals surface area contributed by atoms with Crippen LogP contribution in [0.4, 0.5) is 11.5 Å². The van der Waals surface area contributed by atoms with Crippen LogP contribution in [-0.2, 0) is 16.1 Å². The van der Waals surface area contributed by atoms with Crippen LogP contribution < -0.4 is 10.6 Å². The number of aromatic amines is 1. The van der Waals surface area contributed by atoms with E-state index < -0.39 is 0 Å². The first kappa shape index (κ1) is 19.1. The van der Waals surface area contributed by atoms with Gasteiger partial charge in [-0.3, -0.25) is 14.5 Å². The average molecular weight is 411 g/mol. The first-order valence-electron chi connectivity index (χ1n) is 8.97. The minimum Gasteiger partial charge on any atom is -0.375 e. The number of H-pyrrole nitrogens is 1. The fourth-order valence-electron chi connectivity index (χ4n) is 2.88. The van der Waals surface area contributed by atoms with Gasteiger partial charge in [0, 0.05) is 41.8 Å². The van der Waals surface area contributed by atoms with Crippen molar-refractivity contribution in [1.82, 2.24) is 24.1 Å². The topological polar surface area (TPSA) is 100 Å². The Balaban J connectivity index is 1.47. The number of aromatic nitrogens is 4. The molecule has 0 fully saturated rings. The van der Waals surface area contributed by atoms with Crippen molar-refractivity contribution in [2.45, 2.75) is 18.4 Å². The highest BCUT2D eigenvalue weighted by Crippen LogP contribution is 2.30. The van der Waals surface area contributed by atoms with Crippen LogP contribution in [0.15, 0.2) is 53.8 Å². The van der Waals surface area contributed by atoms with Gasteiger partial charge in [-0.25, -0.2) is 4.98 Å². The number of hydrogen-bond donors (Lipinski definition) is 3. The molecule has 1 amide bonds. The Labute approximate surface area is 172 Å². The normalized spacial score (nSPS) is 13.0. The number of benzene rings is 1. The molecule has 1 aliphatic rings. The third kappa shape index (κ3) is 4.61. The fourth-order valence-corrected chi connectivity index (χ4v) is 3.74. The molecule has 0 bridgehead atoms. The second-order valence-electron chi connectivity index (χ2n) is 6.46. The van der Waals surface area contributed by atoms with E-state index >= 15 is 0 Å². The van der Waals surface area contributed by atoms with Gasteiger partial charge in [-0.1, -0.05) is 0 Å². The molecule has 3 heterocycles. The number of nitrogens with one attached hydrogen (secondary N) is 3. The molecule has 1 aromatic carbocycles. The van der Waals surface area contributed by atoms with E-state index in [1.807, 2.05) is 54.2 Å². The highest BCUT2D eigenvalue weighted by Gasteiger charge is 2.19. The van der Waals surface area contributed by atoms with Gasteiger partial charge in [0.15, 0.2) is 5.82 Å². The van der Waals surface area contributed by atoms with Gasteiger partial charge in [0.1, 0.15) is 18.3 Å². The van der Waals surface area contributed by atoms with E-state index in [0.29, 0.717) is 6.54 Å². The molecule has 3 N–H and O–H groups in total. The lowest BCUT2D eigenvalue weighted by Gasteiger charge is -2.26. The summed E-state index contributed by atoms with van der Waals surface area (Å²) in [6.07, 6.45) is 5.73. The summed E-state index contributed by atoms with van der Waals surface area (Å²) >= 11 is 1.59. The van der Waals surface area contributed by atoms with Crippen LogP contribution in [0.25, 0.3) is 5.82 Å². The predicted molar refractivity (Wildman–Crippen MR) is 112 cm³/mol. The Kier molecular flexibility index (Phi) is 5.54. The minimum absolute atomic E-state index is 0.0347. The van der Waals surface area contributed by atoms with Gasteiger partial charge in [0.2, 0.25) is 5.91 Å². The van der Waals surface area contributed by atoms with E-state index in [4.69, 9.17) is 4.74 Å². The molecule has 0 atom stereocenters. The number of carbonyl (C=O) groups excluding carboxylic acids is 1. The Hall–Kier alpha value is -3.24.